The second-order valence-corrected chi connectivity index (χ2v) is 8.32. The quantitative estimate of drug-likeness (QED) is 0.535. The lowest BCUT2D eigenvalue weighted by atomic mass is 10.2. The molecule has 0 N–H and O–H groups in total. The fraction of sp³-hybridized carbons (Fsp3) is 0.304. The summed E-state index contributed by atoms with van der Waals surface area (Å²) in [6, 6.07) is 9.44. The monoisotopic (exact) mass is 457 g/mol. The lowest BCUT2D eigenvalue weighted by molar-refractivity contribution is 0.284. The van der Waals surface area contributed by atoms with Crippen LogP contribution in [0.2, 0.25) is 10.0 Å². The Morgan fingerprint density at radius 2 is 1.84 bits per heavy atom. The number of aromatic nitrogens is 3. The first-order valence-corrected chi connectivity index (χ1v) is 10.9. The van der Waals surface area contributed by atoms with Gasteiger partial charge in [0.1, 0.15) is 0 Å². The Labute approximate surface area is 192 Å². The molecule has 0 radical (unpaired) electrons. The molecule has 0 bridgehead atoms. The van der Waals surface area contributed by atoms with Crippen molar-refractivity contribution in [2.75, 3.05) is 44.7 Å². The number of hydrogen-bond donors (Lipinski definition) is 0. The van der Waals surface area contributed by atoms with Gasteiger partial charge in [0.15, 0.2) is 11.6 Å². The SMILES string of the molecule is COc1cccnc1-n1ncc(/C=C/CN2CCN(c3cc(Cl)cc(Cl)c3)CC2)c1C. The van der Waals surface area contributed by atoms with Gasteiger partial charge in [0.05, 0.1) is 19.0 Å². The number of pyridine rings is 1. The fourth-order valence-corrected chi connectivity index (χ4v) is 4.25. The normalized spacial score (nSPS) is 15.0. The Bertz CT molecular complexity index is 1050. The predicted octanol–water partition coefficient (Wildman–Crippen LogP) is 4.73. The van der Waals surface area contributed by atoms with E-state index in [-0.39, 0.29) is 0 Å². The zero-order chi connectivity index (χ0) is 21.8. The minimum atomic E-state index is 0.673. The van der Waals surface area contributed by atoms with Gasteiger partial charge in [-0.05, 0) is 37.3 Å². The number of rotatable bonds is 6. The number of nitrogens with zero attached hydrogens (tertiary/aromatic N) is 5. The van der Waals surface area contributed by atoms with Crippen LogP contribution in [0.3, 0.4) is 0 Å². The molecular weight excluding hydrogens is 433 g/mol. The van der Waals surface area contributed by atoms with Crippen LogP contribution in [0.4, 0.5) is 5.69 Å². The van der Waals surface area contributed by atoms with Crippen molar-refractivity contribution in [1.82, 2.24) is 19.7 Å². The summed E-state index contributed by atoms with van der Waals surface area (Å²) >= 11 is 12.3. The second kappa shape index (κ2) is 9.73. The van der Waals surface area contributed by atoms with Gasteiger partial charge in [-0.3, -0.25) is 4.90 Å². The van der Waals surface area contributed by atoms with Gasteiger partial charge in [-0.1, -0.05) is 35.4 Å². The van der Waals surface area contributed by atoms with Crippen molar-refractivity contribution in [2.45, 2.75) is 6.92 Å². The van der Waals surface area contributed by atoms with Crippen LogP contribution in [0.25, 0.3) is 11.9 Å². The molecule has 0 spiro atoms. The molecule has 1 aliphatic heterocycles. The Kier molecular flexibility index (Phi) is 6.80. The summed E-state index contributed by atoms with van der Waals surface area (Å²) in [4.78, 5) is 9.17. The number of hydrogen-bond acceptors (Lipinski definition) is 5. The number of ether oxygens (including phenoxy) is 1. The van der Waals surface area contributed by atoms with Crippen LogP contribution < -0.4 is 9.64 Å². The molecule has 1 saturated heterocycles. The molecule has 0 saturated carbocycles. The minimum absolute atomic E-state index is 0.673. The zero-order valence-electron chi connectivity index (χ0n) is 17.6. The molecule has 0 unspecified atom stereocenters. The first-order chi connectivity index (χ1) is 15.0. The van der Waals surface area contributed by atoms with Crippen LogP contribution in [-0.2, 0) is 0 Å². The molecule has 0 aliphatic carbocycles. The van der Waals surface area contributed by atoms with E-state index in [1.54, 1.807) is 19.4 Å². The van der Waals surface area contributed by atoms with E-state index < -0.39 is 0 Å². The van der Waals surface area contributed by atoms with E-state index in [2.05, 4.69) is 32.0 Å². The van der Waals surface area contributed by atoms with Crippen LogP contribution in [-0.4, -0.2) is 59.5 Å². The van der Waals surface area contributed by atoms with Gasteiger partial charge in [-0.2, -0.15) is 5.10 Å². The van der Waals surface area contributed by atoms with Gasteiger partial charge in [-0.25, -0.2) is 9.67 Å². The highest BCUT2D eigenvalue weighted by atomic mass is 35.5. The summed E-state index contributed by atoms with van der Waals surface area (Å²) in [5.41, 5.74) is 3.18. The Morgan fingerprint density at radius 3 is 2.55 bits per heavy atom. The standard InChI is InChI=1S/C23H25Cl2N5O/c1-17-18(16-27-30(17)23-22(31-2)6-3-7-26-23)5-4-8-28-9-11-29(12-10-28)21-14-19(24)13-20(25)15-21/h3-7,13-16H,8-12H2,1-2H3/b5-4+. The van der Waals surface area contributed by atoms with Crippen molar-refractivity contribution >= 4 is 35.0 Å². The van der Waals surface area contributed by atoms with E-state index in [1.165, 1.54) is 0 Å². The Balaban J connectivity index is 1.35. The average Bonchev–Trinajstić information content (AvgIpc) is 3.13. The molecule has 31 heavy (non-hydrogen) atoms. The number of piperazine rings is 1. The van der Waals surface area contributed by atoms with E-state index >= 15 is 0 Å². The highest BCUT2D eigenvalue weighted by molar-refractivity contribution is 6.35. The van der Waals surface area contributed by atoms with Gasteiger partial charge in [0.25, 0.3) is 0 Å². The lowest BCUT2D eigenvalue weighted by Gasteiger charge is -2.35. The van der Waals surface area contributed by atoms with E-state index in [4.69, 9.17) is 27.9 Å². The van der Waals surface area contributed by atoms with E-state index in [9.17, 15) is 0 Å². The smallest absolute Gasteiger partial charge is 0.196 e. The molecule has 6 nitrogen and oxygen atoms in total. The largest absolute Gasteiger partial charge is 0.493 e. The van der Waals surface area contributed by atoms with Crippen molar-refractivity contribution in [2.24, 2.45) is 0 Å². The lowest BCUT2D eigenvalue weighted by Crippen LogP contribution is -2.46. The molecule has 1 aliphatic rings. The molecule has 8 heteroatoms. The van der Waals surface area contributed by atoms with Gasteiger partial charge >= 0.3 is 0 Å². The summed E-state index contributed by atoms with van der Waals surface area (Å²) in [7, 11) is 1.64. The van der Waals surface area contributed by atoms with Crippen LogP contribution in [0.5, 0.6) is 5.75 Å². The van der Waals surface area contributed by atoms with Crippen LogP contribution in [0.15, 0.2) is 48.8 Å². The van der Waals surface area contributed by atoms with E-state index in [1.807, 2.05) is 42.1 Å². The molecule has 162 valence electrons. The third kappa shape index (κ3) is 5.03. The number of methoxy groups -OCH3 is 1. The van der Waals surface area contributed by atoms with Crippen molar-refractivity contribution < 1.29 is 4.74 Å². The summed E-state index contributed by atoms with van der Waals surface area (Å²) in [6.45, 7) is 6.79. The molecule has 4 rings (SSSR count). The topological polar surface area (TPSA) is 46.4 Å². The second-order valence-electron chi connectivity index (χ2n) is 7.44. The van der Waals surface area contributed by atoms with Crippen LogP contribution >= 0.6 is 23.2 Å². The summed E-state index contributed by atoms with van der Waals surface area (Å²) in [6.07, 6.45) is 7.92. The maximum atomic E-state index is 6.15. The first-order valence-electron chi connectivity index (χ1n) is 10.2. The zero-order valence-corrected chi connectivity index (χ0v) is 19.1. The van der Waals surface area contributed by atoms with Crippen molar-refractivity contribution in [3.8, 4) is 11.6 Å². The average molecular weight is 458 g/mol. The Hall–Kier alpha value is -2.54. The molecular formula is C23H25Cl2N5O. The molecule has 0 amide bonds. The van der Waals surface area contributed by atoms with Gasteiger partial charge in [0, 0.05) is 60.2 Å². The van der Waals surface area contributed by atoms with Crippen molar-refractivity contribution in [3.63, 3.8) is 0 Å². The molecule has 3 heterocycles. The van der Waals surface area contributed by atoms with Crippen LogP contribution in [0.1, 0.15) is 11.3 Å². The van der Waals surface area contributed by atoms with E-state index in [0.29, 0.717) is 21.6 Å². The molecule has 0 atom stereocenters. The molecule has 1 aromatic carbocycles. The number of halogens is 2. The third-order valence-corrected chi connectivity index (χ3v) is 5.90. The first kappa shape index (κ1) is 21.7. The van der Waals surface area contributed by atoms with Gasteiger partial charge < -0.3 is 9.64 Å². The number of benzene rings is 1. The summed E-state index contributed by atoms with van der Waals surface area (Å²) in [5, 5.41) is 5.85. The predicted molar refractivity (Wildman–Crippen MR) is 127 cm³/mol. The van der Waals surface area contributed by atoms with E-state index in [0.717, 1.165) is 49.7 Å². The minimum Gasteiger partial charge on any atom is -0.493 e. The molecule has 2 aromatic heterocycles. The highest BCUT2D eigenvalue weighted by Crippen LogP contribution is 2.26. The maximum Gasteiger partial charge on any atom is 0.196 e. The van der Waals surface area contributed by atoms with Crippen molar-refractivity contribution in [3.05, 3.63) is 70.1 Å². The summed E-state index contributed by atoms with van der Waals surface area (Å²) < 4.78 is 7.22. The highest BCUT2D eigenvalue weighted by Gasteiger charge is 2.17. The third-order valence-electron chi connectivity index (χ3n) is 5.46. The fourth-order valence-electron chi connectivity index (χ4n) is 3.74. The maximum absolute atomic E-state index is 6.15. The Morgan fingerprint density at radius 1 is 1.10 bits per heavy atom. The van der Waals surface area contributed by atoms with Crippen LogP contribution in [0, 0.1) is 6.92 Å². The summed E-state index contributed by atoms with van der Waals surface area (Å²) in [5.74, 6) is 1.39. The molecule has 1 fully saturated rings. The van der Waals surface area contributed by atoms with Gasteiger partial charge in [-0.15, -0.1) is 0 Å². The van der Waals surface area contributed by atoms with Gasteiger partial charge in [0.2, 0.25) is 0 Å². The molecule has 3 aromatic rings. The van der Waals surface area contributed by atoms with Crippen molar-refractivity contribution in [1.29, 1.82) is 0 Å². The number of anilines is 1.